The maximum atomic E-state index is 13.8. The Hall–Kier alpha value is -5.03. The van der Waals surface area contributed by atoms with Gasteiger partial charge in [0.15, 0.2) is 0 Å². The molecule has 3 heterocycles. The van der Waals surface area contributed by atoms with E-state index in [1.54, 1.807) is 25.2 Å². The van der Waals surface area contributed by atoms with Crippen molar-refractivity contribution < 1.29 is 14.3 Å². The maximum absolute atomic E-state index is 13.8. The summed E-state index contributed by atoms with van der Waals surface area (Å²) in [6.45, 7) is 5.17. The fourth-order valence-electron chi connectivity index (χ4n) is 5.51. The van der Waals surface area contributed by atoms with E-state index in [0.29, 0.717) is 37.6 Å². The van der Waals surface area contributed by atoms with Crippen LogP contribution in [0.4, 0.5) is 5.82 Å². The van der Waals surface area contributed by atoms with Gasteiger partial charge in [-0.25, -0.2) is 4.79 Å². The first-order chi connectivity index (χ1) is 21.2. The average Bonchev–Trinajstić information content (AvgIpc) is 3.44. The Labute approximate surface area is 254 Å². The van der Waals surface area contributed by atoms with Crippen LogP contribution >= 0.6 is 0 Å². The number of nitrogens with one attached hydrogen (secondary N) is 3. The van der Waals surface area contributed by atoms with Crippen molar-refractivity contribution in [2.75, 3.05) is 18.5 Å². The monoisotopic (exact) mass is 596 g/mol. The number of carbonyl (C=O) groups excluding carboxylic acids is 2. The Balaban J connectivity index is 1.48. The van der Waals surface area contributed by atoms with Crippen molar-refractivity contribution in [1.29, 1.82) is 0 Å². The van der Waals surface area contributed by atoms with E-state index >= 15 is 0 Å². The lowest BCUT2D eigenvalue weighted by Crippen LogP contribution is -2.42. The van der Waals surface area contributed by atoms with E-state index in [1.807, 2.05) is 56.3 Å². The number of pyridine rings is 1. The van der Waals surface area contributed by atoms with Crippen LogP contribution in [0.15, 0.2) is 70.3 Å². The lowest BCUT2D eigenvalue weighted by atomic mass is 9.93. The zero-order chi connectivity index (χ0) is 31.4. The van der Waals surface area contributed by atoms with E-state index in [0.717, 1.165) is 33.2 Å². The summed E-state index contributed by atoms with van der Waals surface area (Å²) < 4.78 is 8.02. The SMILES string of the molecule is CCOc1nc(NC(=O)c2c(-c3cccc(-c4ccccc4)c3C)n(C)c(=O)n(C)c2=O)ccc1CNCC1CCC(=O)N1. The molecule has 1 fully saturated rings. The molecule has 0 saturated carbocycles. The molecular weight excluding hydrogens is 560 g/mol. The van der Waals surface area contributed by atoms with Crippen LogP contribution in [0, 0.1) is 6.92 Å². The van der Waals surface area contributed by atoms with E-state index in [9.17, 15) is 19.2 Å². The van der Waals surface area contributed by atoms with Crippen LogP contribution in [0.1, 0.15) is 41.3 Å². The molecule has 0 bridgehead atoms. The van der Waals surface area contributed by atoms with E-state index < -0.39 is 17.2 Å². The first-order valence-electron chi connectivity index (χ1n) is 14.6. The van der Waals surface area contributed by atoms with E-state index in [1.165, 1.54) is 11.6 Å². The summed E-state index contributed by atoms with van der Waals surface area (Å²) in [6.07, 6.45) is 1.32. The van der Waals surface area contributed by atoms with Crippen molar-refractivity contribution in [2.45, 2.75) is 39.3 Å². The van der Waals surface area contributed by atoms with Gasteiger partial charge < -0.3 is 20.7 Å². The van der Waals surface area contributed by atoms with Crippen molar-refractivity contribution in [3.05, 3.63) is 98.2 Å². The third-order valence-corrected chi connectivity index (χ3v) is 7.82. The van der Waals surface area contributed by atoms with Crippen LogP contribution < -0.4 is 31.9 Å². The first-order valence-corrected chi connectivity index (χ1v) is 14.6. The molecule has 5 rings (SSSR count). The third kappa shape index (κ3) is 6.18. The minimum absolute atomic E-state index is 0.0594. The van der Waals surface area contributed by atoms with Crippen molar-refractivity contribution in [3.63, 3.8) is 0 Å². The molecule has 1 aliphatic rings. The molecule has 3 N–H and O–H groups in total. The Morgan fingerprint density at radius 2 is 1.75 bits per heavy atom. The van der Waals surface area contributed by atoms with Gasteiger partial charge in [0, 0.05) is 50.8 Å². The minimum atomic E-state index is -0.713. The fourth-order valence-corrected chi connectivity index (χ4v) is 5.51. The molecular formula is C33H36N6O5. The van der Waals surface area contributed by atoms with Crippen molar-refractivity contribution in [1.82, 2.24) is 24.8 Å². The number of benzene rings is 2. The highest BCUT2D eigenvalue weighted by Gasteiger charge is 2.26. The second kappa shape index (κ2) is 13.1. The Bertz CT molecular complexity index is 1830. The van der Waals surface area contributed by atoms with Gasteiger partial charge in [0.25, 0.3) is 11.5 Å². The predicted molar refractivity (Wildman–Crippen MR) is 169 cm³/mol. The quantitative estimate of drug-likeness (QED) is 0.256. The lowest BCUT2D eigenvalue weighted by molar-refractivity contribution is -0.119. The van der Waals surface area contributed by atoms with Gasteiger partial charge in [-0.2, -0.15) is 4.98 Å². The number of anilines is 1. The molecule has 44 heavy (non-hydrogen) atoms. The van der Waals surface area contributed by atoms with E-state index in [-0.39, 0.29) is 29.0 Å². The highest BCUT2D eigenvalue weighted by molar-refractivity contribution is 6.08. The van der Waals surface area contributed by atoms with Crippen molar-refractivity contribution in [3.8, 4) is 28.3 Å². The molecule has 1 aliphatic heterocycles. The van der Waals surface area contributed by atoms with Gasteiger partial charge in [-0.3, -0.25) is 23.5 Å². The molecule has 0 radical (unpaired) electrons. The first kappa shape index (κ1) is 30.4. The number of hydrogen-bond acceptors (Lipinski definition) is 7. The molecule has 11 heteroatoms. The highest BCUT2D eigenvalue weighted by Crippen LogP contribution is 2.32. The molecule has 0 aliphatic carbocycles. The summed E-state index contributed by atoms with van der Waals surface area (Å²) in [5.74, 6) is -0.0993. The van der Waals surface area contributed by atoms with Crippen molar-refractivity contribution >= 4 is 17.6 Å². The molecule has 11 nitrogen and oxygen atoms in total. The fraction of sp³-hybridized carbons (Fsp3) is 0.303. The number of carbonyl (C=O) groups is 2. The molecule has 2 aromatic heterocycles. The Kier molecular flexibility index (Phi) is 9.05. The molecule has 2 amide bonds. The van der Waals surface area contributed by atoms with Gasteiger partial charge in [-0.15, -0.1) is 0 Å². The normalized spacial score (nSPS) is 14.4. The number of hydrogen-bond donors (Lipinski definition) is 3. The zero-order valence-corrected chi connectivity index (χ0v) is 25.3. The summed E-state index contributed by atoms with van der Waals surface area (Å²) in [4.78, 5) is 56.4. The standard InChI is InChI=1S/C33H36N6O5/c1-5-44-31-22(18-34-19-23-15-17-27(40)35-23)14-16-26(37-31)36-30(41)28-29(38(3)33(43)39(4)32(28)42)25-13-9-12-24(20(25)2)21-10-7-6-8-11-21/h6-14,16,23,34H,5,15,17-19H2,1-4H3,(H,35,40)(H,36,37,41). The molecule has 228 valence electrons. The number of ether oxygens (including phenoxy) is 1. The van der Waals surface area contributed by atoms with Gasteiger partial charge in [0.2, 0.25) is 11.8 Å². The van der Waals surface area contributed by atoms with Gasteiger partial charge in [0.05, 0.1) is 12.3 Å². The highest BCUT2D eigenvalue weighted by atomic mass is 16.5. The van der Waals surface area contributed by atoms with Gasteiger partial charge in [-0.1, -0.05) is 48.5 Å². The van der Waals surface area contributed by atoms with E-state index in [2.05, 4.69) is 20.9 Å². The number of amides is 2. The van der Waals surface area contributed by atoms with Crippen LogP contribution in [0.3, 0.4) is 0 Å². The Morgan fingerprint density at radius 1 is 1.00 bits per heavy atom. The molecule has 2 aromatic carbocycles. The average molecular weight is 597 g/mol. The zero-order valence-electron chi connectivity index (χ0n) is 25.3. The van der Waals surface area contributed by atoms with Gasteiger partial charge in [-0.05, 0) is 49.1 Å². The molecule has 4 aromatic rings. The van der Waals surface area contributed by atoms with Crippen LogP contribution in [-0.4, -0.2) is 45.1 Å². The number of aromatic nitrogens is 3. The summed E-state index contributed by atoms with van der Waals surface area (Å²) in [5, 5.41) is 9.01. The predicted octanol–water partition coefficient (Wildman–Crippen LogP) is 3.14. The maximum Gasteiger partial charge on any atom is 0.330 e. The smallest absolute Gasteiger partial charge is 0.330 e. The van der Waals surface area contributed by atoms with Crippen LogP contribution in [0.25, 0.3) is 22.4 Å². The van der Waals surface area contributed by atoms with Crippen LogP contribution in [0.5, 0.6) is 5.88 Å². The largest absolute Gasteiger partial charge is 0.478 e. The lowest BCUT2D eigenvalue weighted by Gasteiger charge is -2.19. The number of nitrogens with zero attached hydrogens (tertiary/aromatic N) is 3. The summed E-state index contributed by atoms with van der Waals surface area (Å²) in [6, 6.07) is 18.9. The minimum Gasteiger partial charge on any atom is -0.478 e. The van der Waals surface area contributed by atoms with Crippen LogP contribution in [0.2, 0.25) is 0 Å². The second-order valence-electron chi connectivity index (χ2n) is 10.8. The van der Waals surface area contributed by atoms with Crippen LogP contribution in [-0.2, 0) is 25.4 Å². The topological polar surface area (TPSA) is 136 Å². The third-order valence-electron chi connectivity index (χ3n) is 7.82. The second-order valence-corrected chi connectivity index (χ2v) is 10.8. The molecule has 0 spiro atoms. The van der Waals surface area contributed by atoms with Gasteiger partial charge in [0.1, 0.15) is 11.4 Å². The summed E-state index contributed by atoms with van der Waals surface area (Å²) >= 11 is 0. The Morgan fingerprint density at radius 3 is 2.45 bits per heavy atom. The van der Waals surface area contributed by atoms with E-state index in [4.69, 9.17) is 4.74 Å². The van der Waals surface area contributed by atoms with Gasteiger partial charge >= 0.3 is 5.69 Å². The van der Waals surface area contributed by atoms with Crippen molar-refractivity contribution in [2.24, 2.45) is 14.1 Å². The number of rotatable bonds is 10. The summed E-state index contributed by atoms with van der Waals surface area (Å²) in [5.41, 5.74) is 2.88. The summed E-state index contributed by atoms with van der Waals surface area (Å²) in [7, 11) is 2.90. The molecule has 1 atom stereocenters. The molecule has 1 unspecified atom stereocenters. The molecule has 1 saturated heterocycles.